The lowest BCUT2D eigenvalue weighted by atomic mass is 9.87. The molecule has 0 fully saturated rings. The molecular formula is C19H19NO3. The molecule has 0 saturated carbocycles. The lowest BCUT2D eigenvalue weighted by Crippen LogP contribution is -2.40. The number of nitrogens with zero attached hydrogens (tertiary/aromatic N) is 1. The van der Waals surface area contributed by atoms with Crippen LogP contribution >= 0.6 is 0 Å². The minimum absolute atomic E-state index is 0.0538. The molecule has 23 heavy (non-hydrogen) atoms. The minimum atomic E-state index is -0.0538. The topological polar surface area (TPSA) is 38.8 Å². The van der Waals surface area contributed by atoms with Gasteiger partial charge in [0.1, 0.15) is 0 Å². The van der Waals surface area contributed by atoms with Crippen LogP contribution in [0.3, 0.4) is 0 Å². The van der Waals surface area contributed by atoms with Gasteiger partial charge in [-0.2, -0.15) is 0 Å². The van der Waals surface area contributed by atoms with Crippen molar-refractivity contribution in [1.29, 1.82) is 0 Å². The van der Waals surface area contributed by atoms with Crippen LogP contribution in [0.15, 0.2) is 42.5 Å². The Kier molecular flexibility index (Phi) is 3.45. The van der Waals surface area contributed by atoms with Crippen LogP contribution in [-0.4, -0.2) is 24.1 Å². The molecule has 2 aliphatic heterocycles. The highest BCUT2D eigenvalue weighted by molar-refractivity contribution is 5.77. The van der Waals surface area contributed by atoms with E-state index in [4.69, 9.17) is 9.47 Å². The highest BCUT2D eigenvalue weighted by atomic mass is 16.7. The maximum atomic E-state index is 12.5. The molecule has 2 aliphatic rings. The van der Waals surface area contributed by atoms with Gasteiger partial charge in [0.2, 0.25) is 12.7 Å². The Morgan fingerprint density at radius 3 is 2.65 bits per heavy atom. The summed E-state index contributed by atoms with van der Waals surface area (Å²) in [6.45, 7) is 2.92. The van der Waals surface area contributed by atoms with Crippen molar-refractivity contribution in [3.05, 3.63) is 59.2 Å². The first-order valence-electron chi connectivity index (χ1n) is 8.04. The summed E-state index contributed by atoms with van der Waals surface area (Å²) in [7, 11) is 0. The summed E-state index contributed by atoms with van der Waals surface area (Å²) in [4.78, 5) is 14.5. The van der Waals surface area contributed by atoms with E-state index in [-0.39, 0.29) is 18.7 Å². The van der Waals surface area contributed by atoms with E-state index in [2.05, 4.69) is 18.2 Å². The third-order valence-electron chi connectivity index (χ3n) is 4.60. The molecule has 118 valence electrons. The summed E-state index contributed by atoms with van der Waals surface area (Å²) >= 11 is 0. The average Bonchev–Trinajstić information content (AvgIpc) is 3.06. The van der Waals surface area contributed by atoms with Gasteiger partial charge in [0.05, 0.1) is 6.04 Å². The van der Waals surface area contributed by atoms with Crippen LogP contribution < -0.4 is 9.47 Å². The van der Waals surface area contributed by atoms with Crippen LogP contribution in [0.1, 0.15) is 36.1 Å². The summed E-state index contributed by atoms with van der Waals surface area (Å²) in [6, 6.07) is 14.3. The van der Waals surface area contributed by atoms with Crippen molar-refractivity contribution in [3.63, 3.8) is 0 Å². The first-order valence-corrected chi connectivity index (χ1v) is 8.04. The van der Waals surface area contributed by atoms with Gasteiger partial charge in [-0.25, -0.2) is 0 Å². The Balaban J connectivity index is 1.85. The fourth-order valence-corrected chi connectivity index (χ4v) is 3.48. The predicted octanol–water partition coefficient (Wildman–Crippen LogP) is 3.30. The van der Waals surface area contributed by atoms with Crippen LogP contribution in [0.25, 0.3) is 0 Å². The van der Waals surface area contributed by atoms with Gasteiger partial charge in [0.25, 0.3) is 0 Å². The van der Waals surface area contributed by atoms with E-state index in [1.54, 1.807) is 0 Å². The molecule has 4 heteroatoms. The number of hydrogen-bond acceptors (Lipinski definition) is 3. The minimum Gasteiger partial charge on any atom is -0.454 e. The molecule has 0 aromatic heterocycles. The molecule has 2 aromatic carbocycles. The largest absolute Gasteiger partial charge is 0.454 e. The van der Waals surface area contributed by atoms with Gasteiger partial charge in [-0.15, -0.1) is 0 Å². The Morgan fingerprint density at radius 1 is 1.17 bits per heavy atom. The molecule has 0 aliphatic carbocycles. The molecule has 2 heterocycles. The summed E-state index contributed by atoms with van der Waals surface area (Å²) < 4.78 is 11.0. The van der Waals surface area contributed by atoms with Crippen molar-refractivity contribution in [2.75, 3.05) is 13.3 Å². The molecule has 0 spiro atoms. The van der Waals surface area contributed by atoms with Gasteiger partial charge in [0.15, 0.2) is 11.5 Å². The molecule has 4 rings (SSSR count). The average molecular weight is 309 g/mol. The van der Waals surface area contributed by atoms with Crippen LogP contribution in [0.4, 0.5) is 0 Å². The highest BCUT2D eigenvalue weighted by Gasteiger charge is 2.33. The maximum Gasteiger partial charge on any atom is 0.231 e. The van der Waals surface area contributed by atoms with Crippen molar-refractivity contribution in [1.82, 2.24) is 4.90 Å². The number of hydrogen-bond donors (Lipinski definition) is 0. The normalized spacial score (nSPS) is 18.7. The van der Waals surface area contributed by atoms with Gasteiger partial charge < -0.3 is 14.4 Å². The molecule has 1 amide bonds. The number of benzene rings is 2. The van der Waals surface area contributed by atoms with E-state index in [1.165, 1.54) is 5.56 Å². The SMILES string of the molecule is CCC(=O)N1CCc2cc3c(cc2C1c1ccccc1)OCO3. The van der Waals surface area contributed by atoms with E-state index >= 15 is 0 Å². The Morgan fingerprint density at radius 2 is 1.91 bits per heavy atom. The van der Waals surface area contributed by atoms with Crippen molar-refractivity contribution in [2.24, 2.45) is 0 Å². The Hall–Kier alpha value is -2.49. The lowest BCUT2D eigenvalue weighted by Gasteiger charge is -2.38. The van der Waals surface area contributed by atoms with Crippen LogP contribution in [0, 0.1) is 0 Å². The van der Waals surface area contributed by atoms with Gasteiger partial charge in [-0.1, -0.05) is 37.3 Å². The summed E-state index contributed by atoms with van der Waals surface area (Å²) in [5, 5.41) is 0. The molecule has 2 aromatic rings. The van der Waals surface area contributed by atoms with Gasteiger partial charge >= 0.3 is 0 Å². The second-order valence-electron chi connectivity index (χ2n) is 5.91. The second kappa shape index (κ2) is 5.61. The van der Waals surface area contributed by atoms with Crippen molar-refractivity contribution >= 4 is 5.91 Å². The fraction of sp³-hybridized carbons (Fsp3) is 0.316. The maximum absolute atomic E-state index is 12.5. The van der Waals surface area contributed by atoms with Crippen molar-refractivity contribution < 1.29 is 14.3 Å². The zero-order chi connectivity index (χ0) is 15.8. The summed E-state index contributed by atoms with van der Waals surface area (Å²) in [6.07, 6.45) is 1.37. The van der Waals surface area contributed by atoms with Crippen molar-refractivity contribution in [3.8, 4) is 11.5 Å². The second-order valence-corrected chi connectivity index (χ2v) is 5.91. The van der Waals surface area contributed by atoms with Crippen LogP contribution in [0.2, 0.25) is 0 Å². The number of ether oxygens (including phenoxy) is 2. The molecule has 4 nitrogen and oxygen atoms in total. The monoisotopic (exact) mass is 309 g/mol. The van der Waals surface area contributed by atoms with Crippen molar-refractivity contribution in [2.45, 2.75) is 25.8 Å². The third kappa shape index (κ3) is 2.34. The molecule has 0 saturated heterocycles. The number of fused-ring (bicyclic) bond motifs is 2. The Labute approximate surface area is 135 Å². The fourth-order valence-electron chi connectivity index (χ4n) is 3.48. The van der Waals surface area contributed by atoms with E-state index in [1.807, 2.05) is 36.1 Å². The first-order chi connectivity index (χ1) is 11.3. The van der Waals surface area contributed by atoms with E-state index in [9.17, 15) is 4.79 Å². The van der Waals surface area contributed by atoms with Crippen LogP contribution in [0.5, 0.6) is 11.5 Å². The third-order valence-corrected chi connectivity index (χ3v) is 4.60. The molecular weight excluding hydrogens is 290 g/mol. The molecule has 0 N–H and O–H groups in total. The van der Waals surface area contributed by atoms with Gasteiger partial charge in [-0.3, -0.25) is 4.79 Å². The number of rotatable bonds is 2. The van der Waals surface area contributed by atoms with Crippen LogP contribution in [-0.2, 0) is 11.2 Å². The Bertz CT molecular complexity index is 742. The molecule has 1 unspecified atom stereocenters. The molecule has 0 bridgehead atoms. The zero-order valence-corrected chi connectivity index (χ0v) is 13.1. The zero-order valence-electron chi connectivity index (χ0n) is 13.1. The number of carbonyl (C=O) groups excluding carboxylic acids is 1. The van der Waals surface area contributed by atoms with E-state index in [0.717, 1.165) is 35.6 Å². The smallest absolute Gasteiger partial charge is 0.231 e. The van der Waals surface area contributed by atoms with Gasteiger partial charge in [-0.05, 0) is 35.2 Å². The summed E-state index contributed by atoms with van der Waals surface area (Å²) in [5.41, 5.74) is 3.52. The van der Waals surface area contributed by atoms with E-state index in [0.29, 0.717) is 6.42 Å². The molecule has 1 atom stereocenters. The standard InChI is InChI=1S/C19H19NO3/c1-2-18(21)20-9-8-14-10-16-17(23-12-22-16)11-15(14)19(20)13-6-4-3-5-7-13/h3-7,10-11,19H,2,8-9,12H2,1H3. The van der Waals surface area contributed by atoms with Gasteiger partial charge in [0, 0.05) is 13.0 Å². The highest BCUT2D eigenvalue weighted by Crippen LogP contribution is 2.42. The lowest BCUT2D eigenvalue weighted by molar-refractivity contribution is -0.132. The number of carbonyl (C=O) groups is 1. The first kappa shape index (κ1) is 14.1. The van der Waals surface area contributed by atoms with E-state index < -0.39 is 0 Å². The summed E-state index contributed by atoms with van der Waals surface area (Å²) in [5.74, 6) is 1.77. The quantitative estimate of drug-likeness (QED) is 0.854. The number of amides is 1. The molecule has 0 radical (unpaired) electrons. The predicted molar refractivity (Wildman–Crippen MR) is 86.6 cm³/mol.